The Bertz CT molecular complexity index is 866. The van der Waals surface area contributed by atoms with Gasteiger partial charge in [-0.15, -0.1) is 0 Å². The number of aliphatic carboxylic acids is 1. The van der Waals surface area contributed by atoms with E-state index in [1.165, 1.54) is 0 Å². The van der Waals surface area contributed by atoms with Crippen LogP contribution in [-0.4, -0.2) is 51.6 Å². The Morgan fingerprint density at radius 1 is 1.15 bits per heavy atom. The van der Waals surface area contributed by atoms with Gasteiger partial charge in [-0.25, -0.2) is 0 Å². The third-order valence-electron chi connectivity index (χ3n) is 3.93. The molecule has 0 fully saturated rings. The SMILES string of the molecule is NC(=O)[C@H](CC(=O)O)NC(=O)[C@H](Cc1c[nH]c2ccccc12)NC(=O)CS. The molecule has 9 nitrogen and oxygen atoms in total. The summed E-state index contributed by atoms with van der Waals surface area (Å²) in [5, 5.41) is 14.6. The summed E-state index contributed by atoms with van der Waals surface area (Å²) in [6, 6.07) is 5.03. The highest BCUT2D eigenvalue weighted by atomic mass is 32.1. The highest BCUT2D eigenvalue weighted by Gasteiger charge is 2.27. The first kappa shape index (κ1) is 20.3. The van der Waals surface area contributed by atoms with E-state index in [0.29, 0.717) is 0 Å². The zero-order valence-electron chi connectivity index (χ0n) is 14.3. The molecule has 0 bridgehead atoms. The molecule has 2 aromatic rings. The smallest absolute Gasteiger partial charge is 0.305 e. The van der Waals surface area contributed by atoms with Gasteiger partial charge in [0.1, 0.15) is 12.1 Å². The minimum atomic E-state index is -1.38. The van der Waals surface area contributed by atoms with Gasteiger partial charge in [0.05, 0.1) is 12.2 Å². The van der Waals surface area contributed by atoms with Gasteiger partial charge in [-0.2, -0.15) is 12.6 Å². The monoisotopic (exact) mass is 392 g/mol. The molecular formula is C17H20N4O5S. The van der Waals surface area contributed by atoms with Crippen LogP contribution >= 0.6 is 12.6 Å². The lowest BCUT2D eigenvalue weighted by Gasteiger charge is -2.21. The van der Waals surface area contributed by atoms with Crippen LogP contribution in [0.25, 0.3) is 10.9 Å². The maximum Gasteiger partial charge on any atom is 0.305 e. The van der Waals surface area contributed by atoms with E-state index in [0.717, 1.165) is 16.5 Å². The van der Waals surface area contributed by atoms with Crippen molar-refractivity contribution in [2.75, 3.05) is 5.75 Å². The van der Waals surface area contributed by atoms with Crippen LogP contribution in [0.3, 0.4) is 0 Å². The average Bonchev–Trinajstić information content (AvgIpc) is 3.03. The number of nitrogens with one attached hydrogen (secondary N) is 3. The highest BCUT2D eigenvalue weighted by molar-refractivity contribution is 7.81. The number of thiol groups is 1. The number of aromatic nitrogens is 1. The number of hydrogen-bond acceptors (Lipinski definition) is 5. The van der Waals surface area contributed by atoms with Crippen molar-refractivity contribution in [2.24, 2.45) is 5.73 Å². The summed E-state index contributed by atoms with van der Waals surface area (Å²) in [4.78, 5) is 49.7. The average molecular weight is 392 g/mol. The Hall–Kier alpha value is -3.01. The summed E-state index contributed by atoms with van der Waals surface area (Å²) in [7, 11) is 0. The third kappa shape index (κ3) is 5.48. The number of carboxylic acids is 1. The first-order valence-electron chi connectivity index (χ1n) is 8.08. The number of carbonyl (C=O) groups excluding carboxylic acids is 3. The number of amides is 3. The second kappa shape index (κ2) is 9.08. The van der Waals surface area contributed by atoms with Crippen LogP contribution in [0.15, 0.2) is 30.5 Å². The first-order chi connectivity index (χ1) is 12.8. The molecule has 1 aromatic carbocycles. The topological polar surface area (TPSA) is 154 Å². The molecule has 1 aromatic heterocycles. The molecule has 0 spiro atoms. The molecule has 27 heavy (non-hydrogen) atoms. The number of benzene rings is 1. The zero-order valence-corrected chi connectivity index (χ0v) is 15.2. The molecule has 0 aliphatic rings. The van der Waals surface area contributed by atoms with Gasteiger partial charge in [0.15, 0.2) is 0 Å². The van der Waals surface area contributed by atoms with Crippen molar-refractivity contribution in [3.05, 3.63) is 36.0 Å². The number of nitrogens with two attached hydrogens (primary N) is 1. The summed E-state index contributed by atoms with van der Waals surface area (Å²) in [5.41, 5.74) is 6.80. The standard InChI is InChI=1S/C17H20N4O5S/c18-16(25)12(6-15(23)24)21-17(26)13(20-14(22)8-27)5-9-7-19-11-4-2-1-3-10(9)11/h1-4,7,12-13,19,27H,5-6,8H2,(H2,18,25)(H,20,22)(H,21,26)(H,23,24)/t12-,13-/m0/s1. The number of carbonyl (C=O) groups is 4. The number of hydrogen-bond donors (Lipinski definition) is 6. The van der Waals surface area contributed by atoms with E-state index >= 15 is 0 Å². The molecule has 0 radical (unpaired) electrons. The van der Waals surface area contributed by atoms with Gasteiger partial charge in [0.25, 0.3) is 0 Å². The molecule has 1 heterocycles. The molecule has 10 heteroatoms. The van der Waals surface area contributed by atoms with E-state index in [4.69, 9.17) is 10.8 Å². The number of fused-ring (bicyclic) bond motifs is 1. The predicted octanol–water partition coefficient (Wildman–Crippen LogP) is -0.430. The maximum atomic E-state index is 12.6. The van der Waals surface area contributed by atoms with Crippen LogP contribution in [0.5, 0.6) is 0 Å². The van der Waals surface area contributed by atoms with Crippen molar-refractivity contribution in [2.45, 2.75) is 24.9 Å². The number of carboxylic acid groups (broad SMARTS) is 1. The summed E-state index contributed by atoms with van der Waals surface area (Å²) < 4.78 is 0. The molecular weight excluding hydrogens is 372 g/mol. The number of para-hydroxylation sites is 1. The van der Waals surface area contributed by atoms with E-state index in [1.54, 1.807) is 6.20 Å². The van der Waals surface area contributed by atoms with Gasteiger partial charge in [0, 0.05) is 23.5 Å². The predicted molar refractivity (Wildman–Crippen MR) is 101 cm³/mol. The summed E-state index contributed by atoms with van der Waals surface area (Å²) in [6.07, 6.45) is 1.20. The molecule has 6 N–H and O–H groups in total. The molecule has 3 amide bonds. The lowest BCUT2D eigenvalue weighted by molar-refractivity contribution is -0.140. The zero-order chi connectivity index (χ0) is 20.0. The number of aromatic amines is 1. The lowest BCUT2D eigenvalue weighted by atomic mass is 10.0. The Morgan fingerprint density at radius 2 is 1.85 bits per heavy atom. The van der Waals surface area contributed by atoms with Gasteiger partial charge >= 0.3 is 5.97 Å². The van der Waals surface area contributed by atoms with Crippen LogP contribution < -0.4 is 16.4 Å². The molecule has 0 aliphatic heterocycles. The fourth-order valence-electron chi connectivity index (χ4n) is 2.64. The second-order valence-electron chi connectivity index (χ2n) is 5.90. The van der Waals surface area contributed by atoms with Crippen molar-refractivity contribution in [1.82, 2.24) is 15.6 Å². The van der Waals surface area contributed by atoms with E-state index in [2.05, 4.69) is 28.2 Å². The lowest BCUT2D eigenvalue weighted by Crippen LogP contribution is -2.54. The van der Waals surface area contributed by atoms with Crippen molar-refractivity contribution >= 4 is 47.2 Å². The Kier molecular flexibility index (Phi) is 6.83. The minimum Gasteiger partial charge on any atom is -0.481 e. The molecule has 0 aliphatic carbocycles. The Morgan fingerprint density at radius 3 is 2.48 bits per heavy atom. The second-order valence-corrected chi connectivity index (χ2v) is 6.22. The van der Waals surface area contributed by atoms with Crippen molar-refractivity contribution < 1.29 is 24.3 Å². The van der Waals surface area contributed by atoms with Crippen LogP contribution in [0.1, 0.15) is 12.0 Å². The van der Waals surface area contributed by atoms with Crippen LogP contribution in [0.2, 0.25) is 0 Å². The summed E-state index contributed by atoms with van der Waals surface area (Å²) in [6.45, 7) is 0. The van der Waals surface area contributed by atoms with Gasteiger partial charge in [-0.05, 0) is 11.6 Å². The van der Waals surface area contributed by atoms with Crippen LogP contribution in [-0.2, 0) is 25.6 Å². The molecule has 2 rings (SSSR count). The molecule has 0 saturated carbocycles. The fourth-order valence-corrected chi connectivity index (χ4v) is 2.73. The van der Waals surface area contributed by atoms with Gasteiger partial charge in [0.2, 0.25) is 17.7 Å². The Labute approximate surface area is 160 Å². The molecule has 2 atom stereocenters. The largest absolute Gasteiger partial charge is 0.481 e. The van der Waals surface area contributed by atoms with Crippen LogP contribution in [0.4, 0.5) is 0 Å². The summed E-state index contributed by atoms with van der Waals surface area (Å²) >= 11 is 3.88. The molecule has 0 saturated heterocycles. The Balaban J connectivity index is 2.22. The number of rotatable bonds is 9. The first-order valence-corrected chi connectivity index (χ1v) is 8.71. The number of H-pyrrole nitrogens is 1. The normalized spacial score (nSPS) is 12.9. The molecule has 0 unspecified atom stereocenters. The maximum absolute atomic E-state index is 12.6. The number of primary amides is 1. The third-order valence-corrected chi connectivity index (χ3v) is 4.22. The van der Waals surface area contributed by atoms with Gasteiger partial charge < -0.3 is 26.5 Å². The highest BCUT2D eigenvalue weighted by Crippen LogP contribution is 2.19. The molecule has 144 valence electrons. The fraction of sp³-hybridized carbons (Fsp3) is 0.294. The van der Waals surface area contributed by atoms with E-state index in [1.807, 2.05) is 24.3 Å². The van der Waals surface area contributed by atoms with Gasteiger partial charge in [-0.1, -0.05) is 18.2 Å². The van der Waals surface area contributed by atoms with Crippen molar-refractivity contribution in [3.8, 4) is 0 Å². The van der Waals surface area contributed by atoms with Crippen molar-refractivity contribution in [1.29, 1.82) is 0 Å². The van der Waals surface area contributed by atoms with E-state index in [9.17, 15) is 19.2 Å². The summed E-state index contributed by atoms with van der Waals surface area (Å²) in [5.74, 6) is -3.58. The van der Waals surface area contributed by atoms with Gasteiger partial charge in [-0.3, -0.25) is 19.2 Å². The van der Waals surface area contributed by atoms with E-state index in [-0.39, 0.29) is 12.2 Å². The quantitative estimate of drug-likeness (QED) is 0.320. The van der Waals surface area contributed by atoms with E-state index < -0.39 is 42.2 Å². The van der Waals surface area contributed by atoms with Crippen molar-refractivity contribution in [3.63, 3.8) is 0 Å². The van der Waals surface area contributed by atoms with Crippen LogP contribution in [0, 0.1) is 0 Å². The minimum absolute atomic E-state index is 0.133.